The minimum absolute atomic E-state index is 0.178. The van der Waals surface area contributed by atoms with Gasteiger partial charge in [0.2, 0.25) is 0 Å². The normalized spacial score (nSPS) is 12.4. The molecule has 100 valence electrons. The van der Waals surface area contributed by atoms with E-state index in [0.717, 1.165) is 10.2 Å². The van der Waals surface area contributed by atoms with Crippen LogP contribution in [0.15, 0.2) is 40.9 Å². The zero-order valence-electron chi connectivity index (χ0n) is 11.0. The SMILES string of the molecule is Cc1ccc(O)c(CN[C@H](C)c2ccccc2Br)n1. The maximum absolute atomic E-state index is 9.76. The number of aryl methyl sites for hydroxylation is 1. The van der Waals surface area contributed by atoms with Crippen LogP contribution in [-0.2, 0) is 6.54 Å². The predicted octanol–water partition coefficient (Wildman–Crippen LogP) is 3.71. The van der Waals surface area contributed by atoms with Crippen molar-refractivity contribution in [3.63, 3.8) is 0 Å². The van der Waals surface area contributed by atoms with Crippen LogP contribution in [-0.4, -0.2) is 10.1 Å². The summed E-state index contributed by atoms with van der Waals surface area (Å²) in [6.45, 7) is 4.54. The molecule has 0 bridgehead atoms. The Morgan fingerprint density at radius 3 is 2.74 bits per heavy atom. The van der Waals surface area contributed by atoms with Crippen molar-refractivity contribution in [2.75, 3.05) is 0 Å². The second kappa shape index (κ2) is 6.17. The van der Waals surface area contributed by atoms with Crippen LogP contribution in [0.2, 0.25) is 0 Å². The van der Waals surface area contributed by atoms with E-state index < -0.39 is 0 Å². The van der Waals surface area contributed by atoms with Gasteiger partial charge in [0, 0.05) is 22.8 Å². The van der Waals surface area contributed by atoms with Crippen LogP contribution in [0.25, 0.3) is 0 Å². The molecule has 4 heteroatoms. The number of nitrogens with zero attached hydrogens (tertiary/aromatic N) is 1. The molecule has 1 heterocycles. The molecule has 1 aromatic heterocycles. The summed E-state index contributed by atoms with van der Waals surface area (Å²) in [5.74, 6) is 0.234. The van der Waals surface area contributed by atoms with Crippen molar-refractivity contribution in [2.24, 2.45) is 0 Å². The number of benzene rings is 1. The molecule has 2 aromatic rings. The summed E-state index contributed by atoms with van der Waals surface area (Å²) in [4.78, 5) is 4.34. The summed E-state index contributed by atoms with van der Waals surface area (Å²) in [7, 11) is 0. The first-order chi connectivity index (χ1) is 9.08. The molecule has 2 rings (SSSR count). The van der Waals surface area contributed by atoms with Crippen molar-refractivity contribution >= 4 is 15.9 Å². The highest BCUT2D eigenvalue weighted by Crippen LogP contribution is 2.23. The van der Waals surface area contributed by atoms with E-state index >= 15 is 0 Å². The minimum atomic E-state index is 0.178. The third-order valence-electron chi connectivity index (χ3n) is 3.04. The molecule has 0 saturated carbocycles. The van der Waals surface area contributed by atoms with Crippen LogP contribution >= 0.6 is 15.9 Å². The first-order valence-electron chi connectivity index (χ1n) is 6.21. The highest BCUT2D eigenvalue weighted by Gasteiger charge is 2.10. The van der Waals surface area contributed by atoms with E-state index in [2.05, 4.69) is 39.2 Å². The van der Waals surface area contributed by atoms with Gasteiger partial charge in [0.1, 0.15) is 5.75 Å². The second-order valence-electron chi connectivity index (χ2n) is 4.54. The number of aromatic hydroxyl groups is 1. The third-order valence-corrected chi connectivity index (χ3v) is 3.76. The number of hydrogen-bond acceptors (Lipinski definition) is 3. The fourth-order valence-corrected chi connectivity index (χ4v) is 2.55. The number of aromatic nitrogens is 1. The van der Waals surface area contributed by atoms with Gasteiger partial charge in [0.25, 0.3) is 0 Å². The van der Waals surface area contributed by atoms with Crippen LogP contribution < -0.4 is 5.32 Å². The average molecular weight is 321 g/mol. The zero-order valence-corrected chi connectivity index (χ0v) is 12.6. The van der Waals surface area contributed by atoms with Gasteiger partial charge in [0.05, 0.1) is 5.69 Å². The van der Waals surface area contributed by atoms with Gasteiger partial charge < -0.3 is 10.4 Å². The Bertz CT molecular complexity index is 572. The van der Waals surface area contributed by atoms with Crippen LogP contribution in [0.4, 0.5) is 0 Å². The molecule has 3 nitrogen and oxygen atoms in total. The van der Waals surface area contributed by atoms with Crippen LogP contribution in [0, 0.1) is 6.92 Å². The van der Waals surface area contributed by atoms with Crippen LogP contribution in [0.1, 0.15) is 29.9 Å². The van der Waals surface area contributed by atoms with Crippen molar-refractivity contribution in [1.82, 2.24) is 10.3 Å². The molecule has 0 radical (unpaired) electrons. The molecule has 1 atom stereocenters. The first kappa shape index (κ1) is 14.0. The lowest BCUT2D eigenvalue weighted by atomic mass is 10.1. The van der Waals surface area contributed by atoms with Gasteiger partial charge in [-0.3, -0.25) is 4.98 Å². The first-order valence-corrected chi connectivity index (χ1v) is 7.00. The highest BCUT2D eigenvalue weighted by molar-refractivity contribution is 9.10. The Hall–Kier alpha value is -1.39. The average Bonchev–Trinajstić information content (AvgIpc) is 2.40. The van der Waals surface area contributed by atoms with Crippen molar-refractivity contribution < 1.29 is 5.11 Å². The Balaban J connectivity index is 2.06. The van der Waals surface area contributed by atoms with Gasteiger partial charge in [-0.05, 0) is 37.6 Å². The lowest BCUT2D eigenvalue weighted by Crippen LogP contribution is -2.19. The number of hydrogen-bond donors (Lipinski definition) is 2. The van der Waals surface area contributed by atoms with E-state index in [0.29, 0.717) is 12.2 Å². The van der Waals surface area contributed by atoms with Crippen molar-refractivity contribution in [2.45, 2.75) is 26.4 Å². The fraction of sp³-hybridized carbons (Fsp3) is 0.267. The van der Waals surface area contributed by atoms with Crippen LogP contribution in [0.5, 0.6) is 5.75 Å². The quantitative estimate of drug-likeness (QED) is 0.902. The molecule has 0 aliphatic carbocycles. The smallest absolute Gasteiger partial charge is 0.138 e. The molecule has 0 aliphatic rings. The molecule has 0 amide bonds. The molecule has 19 heavy (non-hydrogen) atoms. The van der Waals surface area contributed by atoms with Crippen LogP contribution in [0.3, 0.4) is 0 Å². The van der Waals surface area contributed by atoms with Gasteiger partial charge in [0.15, 0.2) is 0 Å². The van der Waals surface area contributed by atoms with Gasteiger partial charge in [-0.1, -0.05) is 34.1 Å². The molecule has 0 unspecified atom stereocenters. The summed E-state index contributed by atoms with van der Waals surface area (Å²) < 4.78 is 1.08. The number of nitrogens with one attached hydrogen (secondary N) is 1. The van der Waals surface area contributed by atoms with Gasteiger partial charge in [-0.15, -0.1) is 0 Å². The predicted molar refractivity (Wildman–Crippen MR) is 80.0 cm³/mol. The molecular formula is C15H17BrN2O. The van der Waals surface area contributed by atoms with E-state index in [-0.39, 0.29) is 11.8 Å². The topological polar surface area (TPSA) is 45.1 Å². The second-order valence-corrected chi connectivity index (χ2v) is 5.40. The summed E-state index contributed by atoms with van der Waals surface area (Å²) in [5, 5.41) is 13.1. The number of halogens is 1. The summed E-state index contributed by atoms with van der Waals surface area (Å²) in [6.07, 6.45) is 0. The van der Waals surface area contributed by atoms with Crippen molar-refractivity contribution in [1.29, 1.82) is 0 Å². The van der Waals surface area contributed by atoms with Crippen molar-refractivity contribution in [3.8, 4) is 5.75 Å². The summed E-state index contributed by atoms with van der Waals surface area (Å²) in [6, 6.07) is 11.8. The maximum Gasteiger partial charge on any atom is 0.138 e. The monoisotopic (exact) mass is 320 g/mol. The summed E-state index contributed by atoms with van der Waals surface area (Å²) in [5.41, 5.74) is 2.77. The Kier molecular flexibility index (Phi) is 4.56. The number of pyridine rings is 1. The Morgan fingerprint density at radius 2 is 2.00 bits per heavy atom. The fourth-order valence-electron chi connectivity index (χ4n) is 1.92. The molecule has 0 aliphatic heterocycles. The van der Waals surface area contributed by atoms with Gasteiger partial charge >= 0.3 is 0 Å². The highest BCUT2D eigenvalue weighted by atomic mass is 79.9. The zero-order chi connectivity index (χ0) is 13.8. The third kappa shape index (κ3) is 3.55. The molecule has 0 fully saturated rings. The molecule has 0 spiro atoms. The summed E-state index contributed by atoms with van der Waals surface area (Å²) >= 11 is 3.54. The molecule has 0 saturated heterocycles. The van der Waals surface area contributed by atoms with Gasteiger partial charge in [-0.25, -0.2) is 0 Å². The molecule has 1 aromatic carbocycles. The standard InChI is InChI=1S/C15H17BrN2O/c1-10-7-8-15(19)14(18-10)9-17-11(2)12-5-3-4-6-13(12)16/h3-8,11,17,19H,9H2,1-2H3/t11-/m1/s1. The Morgan fingerprint density at radius 1 is 1.26 bits per heavy atom. The van der Waals surface area contributed by atoms with E-state index in [4.69, 9.17) is 0 Å². The maximum atomic E-state index is 9.76. The van der Waals surface area contributed by atoms with E-state index in [1.165, 1.54) is 5.56 Å². The lowest BCUT2D eigenvalue weighted by molar-refractivity contribution is 0.454. The lowest BCUT2D eigenvalue weighted by Gasteiger charge is -2.16. The van der Waals surface area contributed by atoms with E-state index in [1.807, 2.05) is 25.1 Å². The molecule has 2 N–H and O–H groups in total. The Labute approximate surface area is 121 Å². The minimum Gasteiger partial charge on any atom is -0.506 e. The van der Waals surface area contributed by atoms with E-state index in [1.54, 1.807) is 12.1 Å². The van der Waals surface area contributed by atoms with E-state index in [9.17, 15) is 5.11 Å². The van der Waals surface area contributed by atoms with Crippen molar-refractivity contribution in [3.05, 3.63) is 57.8 Å². The largest absolute Gasteiger partial charge is 0.506 e. The molecular weight excluding hydrogens is 304 g/mol. The number of rotatable bonds is 4. The van der Waals surface area contributed by atoms with Gasteiger partial charge in [-0.2, -0.15) is 0 Å².